The minimum Gasteiger partial charge on any atom is -0.334 e. The number of amides is 5. The van der Waals surface area contributed by atoms with Crippen molar-refractivity contribution in [2.24, 2.45) is 0 Å². The number of imide groups is 2. The third-order valence-electron chi connectivity index (χ3n) is 5.24. The lowest BCUT2D eigenvalue weighted by atomic mass is 10.0. The molecule has 7 nitrogen and oxygen atoms in total. The van der Waals surface area contributed by atoms with E-state index in [1.54, 1.807) is 48.5 Å². The van der Waals surface area contributed by atoms with Crippen molar-refractivity contribution in [2.75, 3.05) is 0 Å². The molecule has 0 spiro atoms. The van der Waals surface area contributed by atoms with Gasteiger partial charge in [-0.05, 0) is 23.3 Å². The molecule has 0 aromatic heterocycles. The van der Waals surface area contributed by atoms with E-state index in [0.29, 0.717) is 0 Å². The van der Waals surface area contributed by atoms with Crippen molar-refractivity contribution in [3.05, 3.63) is 107 Å². The maximum Gasteiger partial charge on any atom is 0.321 e. The Morgan fingerprint density at radius 1 is 0.719 bits per heavy atom. The summed E-state index contributed by atoms with van der Waals surface area (Å²) in [6, 6.07) is 22.9. The summed E-state index contributed by atoms with van der Waals surface area (Å²) < 4.78 is 0. The predicted molar refractivity (Wildman–Crippen MR) is 118 cm³/mol. The largest absolute Gasteiger partial charge is 0.334 e. The minimum absolute atomic E-state index is 0.0874. The Morgan fingerprint density at radius 2 is 1.22 bits per heavy atom. The van der Waals surface area contributed by atoms with Crippen LogP contribution in [0.25, 0.3) is 0 Å². The van der Waals surface area contributed by atoms with E-state index in [1.165, 1.54) is 0 Å². The number of carbonyl (C=O) groups excluding carboxylic acids is 4. The minimum atomic E-state index is -1.17. The summed E-state index contributed by atoms with van der Waals surface area (Å²) in [4.78, 5) is 52.3. The van der Waals surface area contributed by atoms with Gasteiger partial charge >= 0.3 is 6.03 Å². The van der Waals surface area contributed by atoms with Gasteiger partial charge in [0.15, 0.2) is 0 Å². The first-order valence-electron chi connectivity index (χ1n) is 10.2. The third-order valence-corrected chi connectivity index (χ3v) is 5.24. The molecular weight excluding hydrogens is 406 g/mol. The second kappa shape index (κ2) is 9.26. The molecule has 160 valence electrons. The van der Waals surface area contributed by atoms with Crippen LogP contribution in [-0.4, -0.2) is 34.7 Å². The van der Waals surface area contributed by atoms with Crippen molar-refractivity contribution in [3.8, 4) is 0 Å². The molecule has 0 bridgehead atoms. The zero-order chi connectivity index (χ0) is 22.5. The van der Waals surface area contributed by atoms with E-state index in [0.717, 1.165) is 16.0 Å². The number of fused-ring (bicyclic) bond motifs is 1. The molecule has 0 saturated heterocycles. The lowest BCUT2D eigenvalue weighted by molar-refractivity contribution is -0.123. The fourth-order valence-electron chi connectivity index (χ4n) is 3.65. The van der Waals surface area contributed by atoms with E-state index in [4.69, 9.17) is 0 Å². The van der Waals surface area contributed by atoms with Crippen LogP contribution in [-0.2, 0) is 17.8 Å². The first kappa shape index (κ1) is 21.0. The van der Waals surface area contributed by atoms with Gasteiger partial charge in [0.2, 0.25) is 0 Å². The zero-order valence-corrected chi connectivity index (χ0v) is 17.2. The van der Waals surface area contributed by atoms with Gasteiger partial charge in [0.1, 0.15) is 6.04 Å². The number of benzene rings is 3. The number of nitrogens with one attached hydrogen (secondary N) is 2. The first-order valence-corrected chi connectivity index (χ1v) is 10.2. The normalized spacial score (nSPS) is 13.4. The van der Waals surface area contributed by atoms with E-state index in [-0.39, 0.29) is 24.1 Å². The number of urea groups is 1. The molecule has 1 heterocycles. The first-order chi connectivity index (χ1) is 15.5. The highest BCUT2D eigenvalue weighted by molar-refractivity contribution is 6.23. The van der Waals surface area contributed by atoms with E-state index in [9.17, 15) is 19.2 Å². The van der Waals surface area contributed by atoms with Gasteiger partial charge < -0.3 is 5.32 Å². The second-order valence-electron chi connectivity index (χ2n) is 7.39. The van der Waals surface area contributed by atoms with Crippen LogP contribution in [0.2, 0.25) is 0 Å². The molecule has 3 aromatic carbocycles. The molecular formula is C25H21N3O4. The van der Waals surface area contributed by atoms with Crippen LogP contribution in [0.3, 0.4) is 0 Å². The SMILES string of the molecule is O=C(NCc1ccccc1)NC(=O)[C@H](Cc1ccccc1)N1C(=O)c2ccccc2C1=O. The van der Waals surface area contributed by atoms with Crippen LogP contribution in [0.1, 0.15) is 31.8 Å². The molecule has 1 atom stereocenters. The number of hydrogen-bond donors (Lipinski definition) is 2. The van der Waals surface area contributed by atoms with Gasteiger partial charge in [0.05, 0.1) is 11.1 Å². The second-order valence-corrected chi connectivity index (χ2v) is 7.39. The van der Waals surface area contributed by atoms with E-state index < -0.39 is 29.8 Å². The van der Waals surface area contributed by atoms with Gasteiger partial charge in [-0.2, -0.15) is 0 Å². The zero-order valence-electron chi connectivity index (χ0n) is 17.2. The fourth-order valence-corrected chi connectivity index (χ4v) is 3.65. The number of rotatable bonds is 6. The molecule has 2 N–H and O–H groups in total. The number of hydrogen-bond acceptors (Lipinski definition) is 4. The lowest BCUT2D eigenvalue weighted by Crippen LogP contribution is -2.53. The highest BCUT2D eigenvalue weighted by atomic mass is 16.2. The van der Waals surface area contributed by atoms with Crippen LogP contribution >= 0.6 is 0 Å². The summed E-state index contributed by atoms with van der Waals surface area (Å²) in [6.45, 7) is 0.232. The molecule has 5 amide bonds. The molecule has 0 radical (unpaired) electrons. The summed E-state index contributed by atoms with van der Waals surface area (Å²) in [6.07, 6.45) is 0.0874. The Kier molecular flexibility index (Phi) is 6.07. The highest BCUT2D eigenvalue weighted by Crippen LogP contribution is 2.26. The van der Waals surface area contributed by atoms with Crippen LogP contribution in [0, 0.1) is 0 Å². The van der Waals surface area contributed by atoms with Crippen molar-refractivity contribution < 1.29 is 19.2 Å². The maximum absolute atomic E-state index is 13.1. The molecule has 32 heavy (non-hydrogen) atoms. The van der Waals surface area contributed by atoms with Crippen molar-refractivity contribution in [1.29, 1.82) is 0 Å². The van der Waals surface area contributed by atoms with Crippen LogP contribution in [0.5, 0.6) is 0 Å². The third kappa shape index (κ3) is 4.41. The molecule has 0 unspecified atom stereocenters. The Labute approximate surface area is 185 Å². The van der Waals surface area contributed by atoms with Crippen molar-refractivity contribution >= 4 is 23.8 Å². The smallest absolute Gasteiger partial charge is 0.321 e. The Bertz CT molecular complexity index is 1130. The van der Waals surface area contributed by atoms with Crippen molar-refractivity contribution in [3.63, 3.8) is 0 Å². The summed E-state index contributed by atoms with van der Waals surface area (Å²) in [5.41, 5.74) is 2.12. The van der Waals surface area contributed by atoms with Gasteiger partial charge in [0.25, 0.3) is 17.7 Å². The van der Waals surface area contributed by atoms with E-state index in [1.807, 2.05) is 36.4 Å². The highest BCUT2D eigenvalue weighted by Gasteiger charge is 2.42. The van der Waals surface area contributed by atoms with Gasteiger partial charge in [0, 0.05) is 13.0 Å². The lowest BCUT2D eigenvalue weighted by Gasteiger charge is -2.25. The molecule has 7 heteroatoms. The summed E-state index contributed by atoms with van der Waals surface area (Å²) in [5, 5.41) is 4.90. The van der Waals surface area contributed by atoms with Gasteiger partial charge in [-0.15, -0.1) is 0 Å². The molecule has 0 saturated carbocycles. The predicted octanol–water partition coefficient (Wildman–Crippen LogP) is 2.92. The molecule has 3 aromatic rings. The Morgan fingerprint density at radius 3 is 1.78 bits per heavy atom. The van der Waals surface area contributed by atoms with Crippen LogP contribution in [0.15, 0.2) is 84.9 Å². The summed E-state index contributed by atoms with van der Waals surface area (Å²) >= 11 is 0. The topological polar surface area (TPSA) is 95.6 Å². The number of carbonyl (C=O) groups is 4. The van der Waals surface area contributed by atoms with Gasteiger partial charge in [-0.1, -0.05) is 72.8 Å². The molecule has 0 fully saturated rings. The number of nitrogens with zero attached hydrogens (tertiary/aromatic N) is 1. The van der Waals surface area contributed by atoms with E-state index in [2.05, 4.69) is 10.6 Å². The molecule has 0 aliphatic carbocycles. The molecule has 4 rings (SSSR count). The van der Waals surface area contributed by atoms with Crippen LogP contribution in [0.4, 0.5) is 4.79 Å². The molecule has 1 aliphatic rings. The fraction of sp³-hybridized carbons (Fsp3) is 0.120. The Balaban J connectivity index is 1.53. The van der Waals surface area contributed by atoms with Gasteiger partial charge in [-0.25, -0.2) is 4.79 Å². The average Bonchev–Trinajstić information content (AvgIpc) is 3.07. The molecule has 1 aliphatic heterocycles. The van der Waals surface area contributed by atoms with Crippen LogP contribution < -0.4 is 10.6 Å². The maximum atomic E-state index is 13.1. The Hall–Kier alpha value is -4.26. The summed E-state index contributed by atoms with van der Waals surface area (Å²) in [7, 11) is 0. The van der Waals surface area contributed by atoms with E-state index >= 15 is 0 Å². The summed E-state index contributed by atoms with van der Waals surface area (Å²) in [5.74, 6) is -1.83. The quantitative estimate of drug-likeness (QED) is 0.592. The van der Waals surface area contributed by atoms with Crippen molar-refractivity contribution in [2.45, 2.75) is 19.0 Å². The standard InChI is InChI=1S/C25H21N3O4/c29-22(27-25(32)26-16-18-11-5-2-6-12-18)21(15-17-9-3-1-4-10-17)28-23(30)19-13-7-8-14-20(19)24(28)31/h1-14,21H,15-16H2,(H2,26,27,29,32)/t21-/m0/s1. The average molecular weight is 427 g/mol. The van der Waals surface area contributed by atoms with Gasteiger partial charge in [-0.3, -0.25) is 24.6 Å². The monoisotopic (exact) mass is 427 g/mol. The van der Waals surface area contributed by atoms with Crippen molar-refractivity contribution in [1.82, 2.24) is 15.5 Å².